The average molecular weight is 341 g/mol. The van der Waals surface area contributed by atoms with E-state index in [0.717, 1.165) is 6.42 Å². The van der Waals surface area contributed by atoms with Gasteiger partial charge in [-0.2, -0.15) is 0 Å². The van der Waals surface area contributed by atoms with E-state index < -0.39 is 29.7 Å². The van der Waals surface area contributed by atoms with E-state index in [-0.39, 0.29) is 11.9 Å². The molecule has 2 N–H and O–H groups in total. The van der Waals surface area contributed by atoms with Gasteiger partial charge in [0.1, 0.15) is 17.7 Å². The number of nitrogens with one attached hydrogen (secondary N) is 2. The summed E-state index contributed by atoms with van der Waals surface area (Å²) in [4.78, 5) is 38.5. The number of nitrogens with zero attached hydrogens (tertiary/aromatic N) is 1. The summed E-state index contributed by atoms with van der Waals surface area (Å²) in [5.41, 5.74) is -0.641. The summed E-state index contributed by atoms with van der Waals surface area (Å²) in [5, 5.41) is 5.91. The monoisotopic (exact) mass is 341 g/mol. The van der Waals surface area contributed by atoms with Gasteiger partial charge in [-0.25, -0.2) is 9.59 Å². The number of esters is 1. The topological polar surface area (TPSA) is 97.0 Å². The van der Waals surface area contributed by atoms with Crippen molar-refractivity contribution in [3.63, 3.8) is 0 Å². The Morgan fingerprint density at radius 1 is 1.25 bits per heavy atom. The highest BCUT2D eigenvalue weighted by atomic mass is 16.6. The predicted molar refractivity (Wildman–Crippen MR) is 86.3 cm³/mol. The zero-order valence-electron chi connectivity index (χ0n) is 14.8. The molecule has 0 bridgehead atoms. The highest BCUT2D eigenvalue weighted by Gasteiger charge is 2.44. The van der Waals surface area contributed by atoms with Gasteiger partial charge in [0.15, 0.2) is 0 Å². The van der Waals surface area contributed by atoms with Crippen molar-refractivity contribution in [1.82, 2.24) is 15.5 Å². The van der Waals surface area contributed by atoms with Gasteiger partial charge in [-0.15, -0.1) is 0 Å². The second-order valence-electron chi connectivity index (χ2n) is 7.21. The molecule has 2 amide bonds. The molecule has 0 radical (unpaired) electrons. The van der Waals surface area contributed by atoms with E-state index in [2.05, 4.69) is 10.6 Å². The van der Waals surface area contributed by atoms with Gasteiger partial charge in [-0.05, 0) is 46.6 Å². The van der Waals surface area contributed by atoms with Gasteiger partial charge < -0.3 is 25.0 Å². The second-order valence-corrected chi connectivity index (χ2v) is 7.21. The summed E-state index contributed by atoms with van der Waals surface area (Å²) >= 11 is 0. The first-order chi connectivity index (χ1) is 11.2. The zero-order valence-corrected chi connectivity index (χ0v) is 14.8. The molecule has 0 aliphatic carbocycles. The lowest BCUT2D eigenvalue weighted by molar-refractivity contribution is -0.153. The fourth-order valence-corrected chi connectivity index (χ4v) is 3.19. The molecule has 8 nitrogen and oxygen atoms in total. The third-order valence-corrected chi connectivity index (χ3v) is 4.21. The molecule has 0 aromatic heterocycles. The summed E-state index contributed by atoms with van der Waals surface area (Å²) in [6.07, 6.45) is 1.11. The number of alkyl carbamates (subject to hydrolysis) is 1. The minimum absolute atomic E-state index is 0.0650. The van der Waals surface area contributed by atoms with Crippen LogP contribution in [0.2, 0.25) is 0 Å². The van der Waals surface area contributed by atoms with E-state index in [1.165, 1.54) is 7.11 Å². The van der Waals surface area contributed by atoms with E-state index in [1.807, 2.05) is 0 Å². The number of hydrogen-bond donors (Lipinski definition) is 2. The Hall–Kier alpha value is -1.83. The Kier molecular flexibility index (Phi) is 5.69. The molecular formula is C16H27N3O5. The maximum absolute atomic E-state index is 12.9. The Balaban J connectivity index is 2.12. The maximum Gasteiger partial charge on any atom is 0.408 e. The van der Waals surface area contributed by atoms with Gasteiger partial charge in [0.05, 0.1) is 7.11 Å². The van der Waals surface area contributed by atoms with Gasteiger partial charge in [0.2, 0.25) is 5.91 Å². The summed E-state index contributed by atoms with van der Waals surface area (Å²) in [6.45, 7) is 6.53. The first kappa shape index (κ1) is 18.5. The third-order valence-electron chi connectivity index (χ3n) is 4.21. The lowest BCUT2D eigenvalue weighted by atomic mass is 10.1. The third kappa shape index (κ3) is 4.37. The molecule has 24 heavy (non-hydrogen) atoms. The zero-order chi connectivity index (χ0) is 17.9. The van der Waals surface area contributed by atoms with Gasteiger partial charge in [-0.1, -0.05) is 0 Å². The van der Waals surface area contributed by atoms with Crippen LogP contribution in [-0.2, 0) is 19.1 Å². The van der Waals surface area contributed by atoms with Crippen LogP contribution in [0.25, 0.3) is 0 Å². The molecule has 2 rings (SSSR count). The molecule has 2 saturated heterocycles. The molecule has 0 spiro atoms. The van der Waals surface area contributed by atoms with Crippen LogP contribution in [0, 0.1) is 0 Å². The standard InChI is InChI=1S/C16H27N3O5/c1-16(2,3)24-15(22)18-11-7-8-17-9-10-5-6-12(14(21)23-4)19(10)13(11)20/h10-12,17H,5-9H2,1-4H3,(H,18,22)/t10-,11+,12+/m1/s1. The fraction of sp³-hybridized carbons (Fsp3) is 0.812. The lowest BCUT2D eigenvalue weighted by Crippen LogP contribution is -2.58. The SMILES string of the molecule is COC(=O)[C@@H]1CC[C@@H]2CNCC[C@H](NC(=O)OC(C)(C)C)C(=O)N21. The molecule has 136 valence electrons. The summed E-state index contributed by atoms with van der Waals surface area (Å²) in [6, 6.07) is -1.37. The predicted octanol–water partition coefficient (Wildman–Crippen LogP) is 0.406. The number of fused-ring (bicyclic) bond motifs is 1. The van der Waals surface area contributed by atoms with Crippen LogP contribution in [-0.4, -0.2) is 66.8 Å². The van der Waals surface area contributed by atoms with Crippen LogP contribution >= 0.6 is 0 Å². The lowest BCUT2D eigenvalue weighted by Gasteiger charge is -2.35. The Bertz CT molecular complexity index is 502. The first-order valence-corrected chi connectivity index (χ1v) is 8.33. The van der Waals surface area contributed by atoms with E-state index in [0.29, 0.717) is 25.9 Å². The van der Waals surface area contributed by atoms with Crippen molar-refractivity contribution >= 4 is 18.0 Å². The van der Waals surface area contributed by atoms with E-state index in [9.17, 15) is 14.4 Å². The van der Waals surface area contributed by atoms with Crippen molar-refractivity contribution < 1.29 is 23.9 Å². The number of rotatable bonds is 2. The number of carbonyl (C=O) groups is 3. The molecule has 0 saturated carbocycles. The van der Waals surface area contributed by atoms with Crippen molar-refractivity contribution in [2.24, 2.45) is 0 Å². The fourth-order valence-electron chi connectivity index (χ4n) is 3.19. The molecule has 2 aliphatic heterocycles. The van der Waals surface area contributed by atoms with E-state index in [4.69, 9.17) is 9.47 Å². The Morgan fingerprint density at radius 3 is 2.58 bits per heavy atom. The van der Waals surface area contributed by atoms with Crippen LogP contribution < -0.4 is 10.6 Å². The van der Waals surface area contributed by atoms with E-state index >= 15 is 0 Å². The van der Waals surface area contributed by atoms with Crippen molar-refractivity contribution in [1.29, 1.82) is 0 Å². The van der Waals surface area contributed by atoms with Gasteiger partial charge >= 0.3 is 12.1 Å². The van der Waals surface area contributed by atoms with Crippen LogP contribution in [0.3, 0.4) is 0 Å². The van der Waals surface area contributed by atoms with Crippen molar-refractivity contribution in [3.8, 4) is 0 Å². The number of ether oxygens (including phenoxy) is 2. The first-order valence-electron chi connectivity index (χ1n) is 8.33. The largest absolute Gasteiger partial charge is 0.467 e. The highest BCUT2D eigenvalue weighted by Crippen LogP contribution is 2.27. The second kappa shape index (κ2) is 7.38. The molecule has 0 aromatic rings. The van der Waals surface area contributed by atoms with Crippen molar-refractivity contribution in [3.05, 3.63) is 0 Å². The Labute approximate surface area is 142 Å². The molecule has 2 heterocycles. The quantitative estimate of drug-likeness (QED) is 0.706. The molecule has 2 fully saturated rings. The van der Waals surface area contributed by atoms with Crippen LogP contribution in [0.5, 0.6) is 0 Å². The van der Waals surface area contributed by atoms with Crippen molar-refractivity contribution in [2.45, 2.75) is 63.8 Å². The average Bonchev–Trinajstić information content (AvgIpc) is 2.88. The van der Waals surface area contributed by atoms with Gasteiger partial charge in [0, 0.05) is 12.6 Å². The molecule has 2 aliphatic rings. The van der Waals surface area contributed by atoms with Gasteiger partial charge in [0.25, 0.3) is 0 Å². The number of amides is 2. The Morgan fingerprint density at radius 2 is 1.96 bits per heavy atom. The summed E-state index contributed by atoms with van der Waals surface area (Å²) < 4.78 is 10.1. The van der Waals surface area contributed by atoms with Crippen LogP contribution in [0.4, 0.5) is 4.79 Å². The smallest absolute Gasteiger partial charge is 0.408 e. The van der Waals surface area contributed by atoms with Crippen LogP contribution in [0.15, 0.2) is 0 Å². The maximum atomic E-state index is 12.9. The molecule has 0 aromatic carbocycles. The van der Waals surface area contributed by atoms with Gasteiger partial charge in [-0.3, -0.25) is 4.79 Å². The van der Waals surface area contributed by atoms with E-state index in [1.54, 1.807) is 25.7 Å². The summed E-state index contributed by atoms with van der Waals surface area (Å²) in [5.74, 6) is -0.664. The number of hydrogen-bond acceptors (Lipinski definition) is 6. The van der Waals surface area contributed by atoms with Crippen LogP contribution in [0.1, 0.15) is 40.0 Å². The molecule has 8 heteroatoms. The summed E-state index contributed by atoms with van der Waals surface area (Å²) in [7, 11) is 1.32. The van der Waals surface area contributed by atoms with Crippen molar-refractivity contribution in [2.75, 3.05) is 20.2 Å². The minimum atomic E-state index is -0.722. The molecule has 0 unspecified atom stereocenters. The molecule has 3 atom stereocenters. The number of methoxy groups -OCH3 is 1. The molecular weight excluding hydrogens is 314 g/mol. The minimum Gasteiger partial charge on any atom is -0.467 e. The normalized spacial score (nSPS) is 27.8. The number of carbonyl (C=O) groups excluding carboxylic acids is 3. The highest BCUT2D eigenvalue weighted by molar-refractivity contribution is 5.90.